The highest BCUT2D eigenvalue weighted by Gasteiger charge is 2.21. The predicted molar refractivity (Wildman–Crippen MR) is 74.0 cm³/mol. The van der Waals surface area contributed by atoms with Crippen molar-refractivity contribution in [1.29, 1.82) is 0 Å². The molecule has 0 aliphatic carbocycles. The van der Waals surface area contributed by atoms with Crippen LogP contribution in [0.3, 0.4) is 0 Å². The Bertz CT molecular complexity index is 525. The smallest absolute Gasteiger partial charge is 0.0898 e. The third-order valence-corrected chi connectivity index (χ3v) is 3.39. The number of hydrogen-bond acceptors (Lipinski definition) is 5. The topological polar surface area (TPSA) is 56.1 Å². The van der Waals surface area contributed by atoms with Crippen LogP contribution in [0.25, 0.3) is 0 Å². The number of ether oxygens (including phenoxy) is 1. The number of rotatable bonds is 4. The van der Waals surface area contributed by atoms with Gasteiger partial charge in [-0.2, -0.15) is 5.10 Å². The van der Waals surface area contributed by atoms with Crippen LogP contribution in [0.5, 0.6) is 0 Å². The Morgan fingerprint density at radius 1 is 1.35 bits per heavy atom. The Kier molecular flexibility index (Phi) is 4.03. The molecule has 1 fully saturated rings. The van der Waals surface area contributed by atoms with E-state index in [9.17, 15) is 0 Å². The first kappa shape index (κ1) is 13.2. The van der Waals surface area contributed by atoms with Crippen molar-refractivity contribution in [3.8, 4) is 0 Å². The lowest BCUT2D eigenvalue weighted by molar-refractivity contribution is -0.0405. The SMILES string of the molecule is Cc1cnc(CN2CCO[C@H](Cn3cccn3)C2)cn1. The van der Waals surface area contributed by atoms with Gasteiger partial charge in [0.05, 0.1) is 30.6 Å². The second kappa shape index (κ2) is 6.11. The molecule has 0 bridgehead atoms. The van der Waals surface area contributed by atoms with Crippen LogP contribution in [0.15, 0.2) is 30.9 Å². The summed E-state index contributed by atoms with van der Waals surface area (Å²) in [5.74, 6) is 0. The van der Waals surface area contributed by atoms with Crippen LogP contribution < -0.4 is 0 Å². The van der Waals surface area contributed by atoms with Gasteiger partial charge in [0.2, 0.25) is 0 Å². The zero-order valence-electron chi connectivity index (χ0n) is 11.6. The molecular formula is C14H19N5O. The molecule has 1 saturated heterocycles. The van der Waals surface area contributed by atoms with Crippen LogP contribution in [0.1, 0.15) is 11.4 Å². The Balaban J connectivity index is 1.56. The minimum Gasteiger partial charge on any atom is -0.374 e. The van der Waals surface area contributed by atoms with Gasteiger partial charge in [0.15, 0.2) is 0 Å². The van der Waals surface area contributed by atoms with Crippen molar-refractivity contribution in [3.63, 3.8) is 0 Å². The molecule has 6 nitrogen and oxygen atoms in total. The van der Waals surface area contributed by atoms with E-state index in [4.69, 9.17) is 4.74 Å². The van der Waals surface area contributed by atoms with Crippen molar-refractivity contribution in [1.82, 2.24) is 24.6 Å². The average molecular weight is 273 g/mol. The normalized spacial score (nSPS) is 20.1. The molecule has 0 amide bonds. The number of aromatic nitrogens is 4. The summed E-state index contributed by atoms with van der Waals surface area (Å²) in [5.41, 5.74) is 1.96. The maximum Gasteiger partial charge on any atom is 0.0898 e. The summed E-state index contributed by atoms with van der Waals surface area (Å²) in [6.45, 7) is 6.16. The van der Waals surface area contributed by atoms with Gasteiger partial charge >= 0.3 is 0 Å². The van der Waals surface area contributed by atoms with Crippen molar-refractivity contribution in [2.24, 2.45) is 0 Å². The molecule has 106 valence electrons. The summed E-state index contributed by atoms with van der Waals surface area (Å²) in [7, 11) is 0. The molecule has 1 atom stereocenters. The molecule has 1 aliphatic rings. The maximum absolute atomic E-state index is 5.80. The maximum atomic E-state index is 5.80. The van der Waals surface area contributed by atoms with E-state index in [1.807, 2.05) is 36.3 Å². The first-order valence-corrected chi connectivity index (χ1v) is 6.88. The van der Waals surface area contributed by atoms with Gasteiger partial charge in [-0.05, 0) is 13.0 Å². The third kappa shape index (κ3) is 3.40. The highest BCUT2D eigenvalue weighted by molar-refractivity contribution is 5.00. The molecule has 3 heterocycles. The summed E-state index contributed by atoms with van der Waals surface area (Å²) in [5, 5.41) is 4.22. The number of nitrogens with zero attached hydrogens (tertiary/aromatic N) is 5. The molecule has 0 spiro atoms. The minimum atomic E-state index is 0.182. The summed E-state index contributed by atoms with van der Waals surface area (Å²) in [6.07, 6.45) is 7.61. The summed E-state index contributed by atoms with van der Waals surface area (Å²) < 4.78 is 7.72. The summed E-state index contributed by atoms with van der Waals surface area (Å²) >= 11 is 0. The summed E-state index contributed by atoms with van der Waals surface area (Å²) in [4.78, 5) is 11.1. The van der Waals surface area contributed by atoms with E-state index in [2.05, 4.69) is 20.0 Å². The lowest BCUT2D eigenvalue weighted by Gasteiger charge is -2.32. The Hall–Kier alpha value is -1.79. The largest absolute Gasteiger partial charge is 0.374 e. The average Bonchev–Trinajstić information content (AvgIpc) is 2.95. The van der Waals surface area contributed by atoms with E-state index in [1.165, 1.54) is 0 Å². The van der Waals surface area contributed by atoms with Crippen molar-refractivity contribution in [3.05, 3.63) is 42.2 Å². The van der Waals surface area contributed by atoms with E-state index >= 15 is 0 Å². The standard InChI is InChI=1S/C14H19N5O/c1-12-7-16-13(8-15-12)9-18-5-6-20-14(10-18)11-19-4-2-3-17-19/h2-4,7-8,14H,5-6,9-11H2,1H3/t14-/m0/s1. The molecule has 6 heteroatoms. The molecule has 0 radical (unpaired) electrons. The van der Waals surface area contributed by atoms with Gasteiger partial charge in [-0.25, -0.2) is 0 Å². The highest BCUT2D eigenvalue weighted by atomic mass is 16.5. The van der Waals surface area contributed by atoms with Crippen LogP contribution in [0.4, 0.5) is 0 Å². The molecular weight excluding hydrogens is 254 g/mol. The fraction of sp³-hybridized carbons (Fsp3) is 0.500. The number of morpholine rings is 1. The molecule has 20 heavy (non-hydrogen) atoms. The lowest BCUT2D eigenvalue weighted by atomic mass is 10.2. The third-order valence-electron chi connectivity index (χ3n) is 3.39. The monoisotopic (exact) mass is 273 g/mol. The van der Waals surface area contributed by atoms with Gasteiger partial charge in [0, 0.05) is 44.4 Å². The van der Waals surface area contributed by atoms with E-state index < -0.39 is 0 Å². The molecule has 0 aromatic carbocycles. The van der Waals surface area contributed by atoms with Gasteiger partial charge in [-0.15, -0.1) is 0 Å². The molecule has 0 N–H and O–H groups in total. The fourth-order valence-corrected chi connectivity index (χ4v) is 2.38. The first-order chi connectivity index (χ1) is 9.79. The quantitative estimate of drug-likeness (QED) is 0.828. The molecule has 2 aromatic heterocycles. The van der Waals surface area contributed by atoms with E-state index in [1.54, 1.807) is 6.20 Å². The lowest BCUT2D eigenvalue weighted by Crippen LogP contribution is -2.43. The van der Waals surface area contributed by atoms with E-state index in [0.717, 1.165) is 44.2 Å². The minimum absolute atomic E-state index is 0.182. The van der Waals surface area contributed by atoms with Gasteiger partial charge in [0.25, 0.3) is 0 Å². The number of aryl methyl sites for hydroxylation is 1. The Labute approximate surface area is 118 Å². The van der Waals surface area contributed by atoms with Gasteiger partial charge in [0.1, 0.15) is 0 Å². The van der Waals surface area contributed by atoms with Crippen molar-refractivity contribution < 1.29 is 4.74 Å². The Morgan fingerprint density at radius 3 is 3.05 bits per heavy atom. The van der Waals surface area contributed by atoms with E-state index in [-0.39, 0.29) is 6.10 Å². The van der Waals surface area contributed by atoms with Crippen molar-refractivity contribution in [2.45, 2.75) is 26.1 Å². The van der Waals surface area contributed by atoms with Crippen molar-refractivity contribution >= 4 is 0 Å². The fourth-order valence-electron chi connectivity index (χ4n) is 2.38. The van der Waals surface area contributed by atoms with Crippen LogP contribution >= 0.6 is 0 Å². The molecule has 1 aliphatic heterocycles. The highest BCUT2D eigenvalue weighted by Crippen LogP contribution is 2.10. The van der Waals surface area contributed by atoms with Gasteiger partial charge < -0.3 is 4.74 Å². The van der Waals surface area contributed by atoms with Gasteiger partial charge in [-0.3, -0.25) is 19.5 Å². The van der Waals surface area contributed by atoms with E-state index in [0.29, 0.717) is 0 Å². The Morgan fingerprint density at radius 2 is 2.30 bits per heavy atom. The first-order valence-electron chi connectivity index (χ1n) is 6.88. The van der Waals surface area contributed by atoms with Gasteiger partial charge in [-0.1, -0.05) is 0 Å². The molecule has 3 rings (SSSR count). The second-order valence-corrected chi connectivity index (χ2v) is 5.11. The van der Waals surface area contributed by atoms with Crippen molar-refractivity contribution in [2.75, 3.05) is 19.7 Å². The zero-order chi connectivity index (χ0) is 13.8. The van der Waals surface area contributed by atoms with Crippen LogP contribution in [0.2, 0.25) is 0 Å². The second-order valence-electron chi connectivity index (χ2n) is 5.11. The summed E-state index contributed by atoms with van der Waals surface area (Å²) in [6, 6.07) is 1.93. The van der Waals surface area contributed by atoms with Crippen LogP contribution in [0, 0.1) is 6.92 Å². The number of hydrogen-bond donors (Lipinski definition) is 0. The molecule has 2 aromatic rings. The van der Waals surface area contributed by atoms with Crippen LogP contribution in [-0.4, -0.2) is 50.4 Å². The predicted octanol–water partition coefficient (Wildman–Crippen LogP) is 0.883. The van der Waals surface area contributed by atoms with Crippen LogP contribution in [-0.2, 0) is 17.8 Å². The molecule has 0 unspecified atom stereocenters. The zero-order valence-corrected chi connectivity index (χ0v) is 11.6. The molecule has 0 saturated carbocycles.